The molecule has 23 heavy (non-hydrogen) atoms. The first-order valence-corrected chi connectivity index (χ1v) is 9.63. The molecule has 4 heteroatoms. The molecule has 118 valence electrons. The topological polar surface area (TPSA) is 29.4 Å². The van der Waals surface area contributed by atoms with Crippen LogP contribution in [0, 0.1) is 0 Å². The smallest absolute Gasteiger partial charge is 0.175 e. The molecule has 0 aliphatic carbocycles. The highest BCUT2D eigenvalue weighted by Crippen LogP contribution is 2.36. The van der Waals surface area contributed by atoms with Crippen LogP contribution in [-0.4, -0.2) is 15.4 Å². The number of aliphatic imine (C=N–C) groups is 1. The van der Waals surface area contributed by atoms with Gasteiger partial charge >= 0.3 is 0 Å². The number of nitrogens with zero attached hydrogens (tertiary/aromatic N) is 1. The fourth-order valence-corrected chi connectivity index (χ4v) is 4.68. The lowest BCUT2D eigenvalue weighted by atomic mass is 10.1. The van der Waals surface area contributed by atoms with Gasteiger partial charge in [-0.25, -0.2) is 4.99 Å². The maximum atomic E-state index is 12.6. The number of benzene rings is 2. The third-order valence-corrected chi connectivity index (χ3v) is 6.14. The van der Waals surface area contributed by atoms with Gasteiger partial charge in [-0.2, -0.15) is 0 Å². The van der Waals surface area contributed by atoms with Crippen LogP contribution >= 0.6 is 23.5 Å². The average Bonchev–Trinajstić information content (AvgIpc) is 2.61. The number of hydrogen-bond acceptors (Lipinski definition) is 4. The van der Waals surface area contributed by atoms with Crippen molar-refractivity contribution < 1.29 is 4.79 Å². The number of fused-ring (bicyclic) bond motifs is 1. The molecule has 1 heterocycles. The van der Waals surface area contributed by atoms with Crippen LogP contribution in [0.5, 0.6) is 0 Å². The Morgan fingerprint density at radius 3 is 2.70 bits per heavy atom. The summed E-state index contributed by atoms with van der Waals surface area (Å²) >= 11 is 3.27. The molecule has 0 bridgehead atoms. The molecule has 1 aliphatic rings. The molecule has 1 atom stereocenters. The minimum atomic E-state index is -0.126. The molecule has 3 rings (SSSR count). The zero-order valence-corrected chi connectivity index (χ0v) is 14.9. The van der Waals surface area contributed by atoms with Gasteiger partial charge in [-0.05, 0) is 30.5 Å². The summed E-state index contributed by atoms with van der Waals surface area (Å²) in [5.41, 5.74) is 4.33. The van der Waals surface area contributed by atoms with Crippen LogP contribution in [0.25, 0.3) is 0 Å². The Labute approximate surface area is 145 Å². The van der Waals surface area contributed by atoms with E-state index >= 15 is 0 Å². The molecule has 0 saturated carbocycles. The number of carbonyl (C=O) groups is 1. The molecule has 1 aliphatic heterocycles. The Morgan fingerprint density at radius 1 is 1.22 bits per heavy atom. The van der Waals surface area contributed by atoms with Gasteiger partial charge in [0, 0.05) is 11.3 Å². The summed E-state index contributed by atoms with van der Waals surface area (Å²) in [5.74, 6) is 1.09. The van der Waals surface area contributed by atoms with Crippen LogP contribution in [0.2, 0.25) is 0 Å². The second kappa shape index (κ2) is 7.37. The Kier molecular flexibility index (Phi) is 5.23. The molecule has 2 nitrogen and oxygen atoms in total. The number of para-hydroxylation sites is 1. The van der Waals surface area contributed by atoms with Crippen LogP contribution in [0.15, 0.2) is 53.5 Å². The summed E-state index contributed by atoms with van der Waals surface area (Å²) < 4.78 is 0.981. The lowest BCUT2D eigenvalue weighted by molar-refractivity contribution is 0.0994. The zero-order valence-electron chi connectivity index (χ0n) is 13.3. The zero-order chi connectivity index (χ0) is 16.2. The Bertz CT molecular complexity index is 737. The highest BCUT2D eigenvalue weighted by atomic mass is 32.2. The number of aryl methyl sites for hydroxylation is 1. The van der Waals surface area contributed by atoms with Crippen molar-refractivity contribution in [3.05, 3.63) is 65.2 Å². The van der Waals surface area contributed by atoms with E-state index in [2.05, 4.69) is 18.0 Å². The predicted octanol–water partition coefficient (Wildman–Crippen LogP) is 5.49. The van der Waals surface area contributed by atoms with Gasteiger partial charge in [-0.3, -0.25) is 4.79 Å². The van der Waals surface area contributed by atoms with Crippen LogP contribution in [0.4, 0.5) is 5.69 Å². The molecular formula is C19H19NOS2. The van der Waals surface area contributed by atoms with Crippen LogP contribution in [0.1, 0.15) is 35.3 Å². The first-order chi connectivity index (χ1) is 11.2. The van der Waals surface area contributed by atoms with E-state index in [1.807, 2.05) is 49.4 Å². The summed E-state index contributed by atoms with van der Waals surface area (Å²) in [6.45, 7) is 4.08. The predicted molar refractivity (Wildman–Crippen MR) is 102 cm³/mol. The maximum Gasteiger partial charge on any atom is 0.175 e. The van der Waals surface area contributed by atoms with Crippen molar-refractivity contribution in [3.8, 4) is 0 Å². The van der Waals surface area contributed by atoms with Crippen LogP contribution in [0.3, 0.4) is 0 Å². The van der Waals surface area contributed by atoms with Crippen molar-refractivity contribution in [1.29, 1.82) is 0 Å². The molecular weight excluding hydrogens is 322 g/mol. The molecule has 0 aromatic heterocycles. The summed E-state index contributed by atoms with van der Waals surface area (Å²) in [5, 5.41) is -0.126. The van der Waals surface area contributed by atoms with Gasteiger partial charge in [0.25, 0.3) is 0 Å². The number of thioether (sulfide) groups is 2. The molecule has 0 radical (unpaired) electrons. The average molecular weight is 342 g/mol. The van der Waals surface area contributed by atoms with E-state index in [1.165, 1.54) is 11.1 Å². The number of hydrogen-bond donors (Lipinski definition) is 0. The summed E-state index contributed by atoms with van der Waals surface area (Å²) in [6.07, 6.45) is 0.992. The normalized spacial score (nSPS) is 14.8. The molecule has 0 spiro atoms. The lowest BCUT2D eigenvalue weighted by Crippen LogP contribution is -2.15. The first-order valence-electron chi connectivity index (χ1n) is 7.76. The van der Waals surface area contributed by atoms with Gasteiger partial charge in [-0.1, -0.05) is 72.9 Å². The number of rotatable bonds is 4. The van der Waals surface area contributed by atoms with Crippen molar-refractivity contribution in [2.75, 3.05) is 0 Å². The lowest BCUT2D eigenvalue weighted by Gasteiger charge is -2.17. The van der Waals surface area contributed by atoms with Gasteiger partial charge in [0.05, 0.1) is 10.9 Å². The highest BCUT2D eigenvalue weighted by molar-refractivity contribution is 8.39. The Hall–Kier alpha value is -1.52. The van der Waals surface area contributed by atoms with E-state index in [1.54, 1.807) is 23.5 Å². The second-order valence-electron chi connectivity index (χ2n) is 5.47. The quantitative estimate of drug-likeness (QED) is 0.689. The standard InChI is InChI=1S/C19H19NOS2/c1-3-14-8-10-15(11-9-14)18(21)13(2)23-19-20-17-7-5-4-6-16(17)12-22-19/h4-11,13H,3,12H2,1-2H3/t13-/m0/s1. The molecule has 0 fully saturated rings. The summed E-state index contributed by atoms with van der Waals surface area (Å²) in [6, 6.07) is 16.1. The van der Waals surface area contributed by atoms with Crippen molar-refractivity contribution >= 4 is 39.4 Å². The largest absolute Gasteiger partial charge is 0.293 e. The summed E-state index contributed by atoms with van der Waals surface area (Å²) in [7, 11) is 0. The van der Waals surface area contributed by atoms with E-state index < -0.39 is 0 Å². The van der Waals surface area contributed by atoms with Crippen molar-refractivity contribution in [3.63, 3.8) is 0 Å². The second-order valence-corrected chi connectivity index (χ2v) is 8.02. The Balaban J connectivity index is 1.70. The number of carbonyl (C=O) groups excluding carboxylic acids is 1. The van der Waals surface area contributed by atoms with Crippen LogP contribution in [-0.2, 0) is 12.2 Å². The molecule has 2 aromatic rings. The summed E-state index contributed by atoms with van der Waals surface area (Å²) in [4.78, 5) is 17.3. The maximum absolute atomic E-state index is 12.6. The van der Waals surface area contributed by atoms with E-state index in [4.69, 9.17) is 0 Å². The molecule has 0 amide bonds. The fourth-order valence-electron chi connectivity index (χ4n) is 2.42. The SMILES string of the molecule is CCc1ccc(C(=O)[C@H](C)SC2=Nc3ccccc3CS2)cc1. The van der Waals surface area contributed by atoms with E-state index in [0.29, 0.717) is 0 Å². The molecule has 0 unspecified atom stereocenters. The Morgan fingerprint density at radius 2 is 1.96 bits per heavy atom. The van der Waals surface area contributed by atoms with Gasteiger partial charge < -0.3 is 0 Å². The highest BCUT2D eigenvalue weighted by Gasteiger charge is 2.21. The minimum absolute atomic E-state index is 0.126. The molecule has 0 saturated heterocycles. The third kappa shape index (κ3) is 3.88. The molecule has 0 N–H and O–H groups in total. The van der Waals surface area contributed by atoms with Crippen molar-refractivity contribution in [2.24, 2.45) is 4.99 Å². The number of Topliss-reactive ketones (excluding diaryl/α,β-unsaturated/α-hetero) is 1. The molecule has 2 aromatic carbocycles. The van der Waals surface area contributed by atoms with Crippen LogP contribution < -0.4 is 0 Å². The third-order valence-electron chi connectivity index (χ3n) is 3.85. The van der Waals surface area contributed by atoms with Gasteiger partial charge in [0.2, 0.25) is 0 Å². The van der Waals surface area contributed by atoms with Gasteiger partial charge in [-0.15, -0.1) is 0 Å². The van der Waals surface area contributed by atoms with E-state index in [9.17, 15) is 4.79 Å². The van der Waals surface area contributed by atoms with E-state index in [0.717, 1.165) is 27.8 Å². The van der Waals surface area contributed by atoms with Gasteiger partial charge in [0.15, 0.2) is 5.78 Å². The van der Waals surface area contributed by atoms with Gasteiger partial charge in [0.1, 0.15) is 4.38 Å². The monoisotopic (exact) mass is 341 g/mol. The van der Waals surface area contributed by atoms with E-state index in [-0.39, 0.29) is 11.0 Å². The first kappa shape index (κ1) is 16.3. The minimum Gasteiger partial charge on any atom is -0.293 e. The van der Waals surface area contributed by atoms with Crippen molar-refractivity contribution in [2.45, 2.75) is 31.3 Å². The van der Waals surface area contributed by atoms with Crippen molar-refractivity contribution in [1.82, 2.24) is 0 Å². The number of ketones is 1. The fraction of sp³-hybridized carbons (Fsp3) is 0.263.